The molecule has 90 valence electrons. The van der Waals surface area contributed by atoms with Crippen LogP contribution in [0.1, 0.15) is 31.1 Å². The number of benzene rings is 1. The Labute approximate surface area is 96.4 Å². The van der Waals surface area contributed by atoms with Crippen LogP contribution in [0.4, 0.5) is 0 Å². The SMILES string of the molecule is NC(=O)c1ccc(C(N)=O)c(C(=O)NCO)c1. The van der Waals surface area contributed by atoms with Crippen molar-refractivity contribution in [3.05, 3.63) is 34.9 Å². The summed E-state index contributed by atoms with van der Waals surface area (Å²) >= 11 is 0. The van der Waals surface area contributed by atoms with Gasteiger partial charge in [0.15, 0.2) is 0 Å². The van der Waals surface area contributed by atoms with Gasteiger partial charge in [-0.25, -0.2) is 0 Å². The summed E-state index contributed by atoms with van der Waals surface area (Å²) in [5.74, 6) is -2.27. The maximum atomic E-state index is 11.5. The van der Waals surface area contributed by atoms with E-state index in [-0.39, 0.29) is 16.7 Å². The van der Waals surface area contributed by atoms with Crippen LogP contribution in [0.5, 0.6) is 0 Å². The van der Waals surface area contributed by atoms with Gasteiger partial charge < -0.3 is 21.9 Å². The molecule has 0 fully saturated rings. The maximum Gasteiger partial charge on any atom is 0.253 e. The fourth-order valence-corrected chi connectivity index (χ4v) is 1.27. The number of primary amides is 2. The predicted molar refractivity (Wildman–Crippen MR) is 58.0 cm³/mol. The number of nitrogens with one attached hydrogen (secondary N) is 1. The second-order valence-electron chi connectivity index (χ2n) is 3.15. The fraction of sp³-hybridized carbons (Fsp3) is 0.100. The van der Waals surface area contributed by atoms with Crippen molar-refractivity contribution in [2.45, 2.75) is 0 Å². The Bertz CT molecular complexity index is 484. The molecule has 0 aliphatic heterocycles. The van der Waals surface area contributed by atoms with E-state index >= 15 is 0 Å². The van der Waals surface area contributed by atoms with Crippen LogP contribution in [0.2, 0.25) is 0 Å². The molecule has 0 unspecified atom stereocenters. The van der Waals surface area contributed by atoms with E-state index in [2.05, 4.69) is 5.32 Å². The Morgan fingerprint density at radius 1 is 1.12 bits per heavy atom. The summed E-state index contributed by atoms with van der Waals surface area (Å²) in [6.45, 7) is -0.599. The van der Waals surface area contributed by atoms with Crippen LogP contribution in [0, 0.1) is 0 Å². The van der Waals surface area contributed by atoms with Crippen LogP contribution >= 0.6 is 0 Å². The van der Waals surface area contributed by atoms with Crippen LogP contribution in [0.25, 0.3) is 0 Å². The lowest BCUT2D eigenvalue weighted by molar-refractivity contribution is 0.0898. The Balaban J connectivity index is 3.30. The van der Waals surface area contributed by atoms with Gasteiger partial charge in [0.1, 0.15) is 6.73 Å². The summed E-state index contributed by atoms with van der Waals surface area (Å²) in [4.78, 5) is 33.5. The van der Waals surface area contributed by atoms with Crippen LogP contribution in [0.15, 0.2) is 18.2 Å². The van der Waals surface area contributed by atoms with E-state index in [1.54, 1.807) is 0 Å². The minimum absolute atomic E-state index is 0.0547. The van der Waals surface area contributed by atoms with Crippen molar-refractivity contribution in [1.82, 2.24) is 5.32 Å². The van der Waals surface area contributed by atoms with Crippen molar-refractivity contribution in [1.29, 1.82) is 0 Å². The number of nitrogens with two attached hydrogens (primary N) is 2. The van der Waals surface area contributed by atoms with Gasteiger partial charge in [-0.1, -0.05) is 0 Å². The Hall–Kier alpha value is -2.41. The summed E-state index contributed by atoms with van der Waals surface area (Å²) in [5, 5.41) is 10.6. The molecule has 1 rings (SSSR count). The molecule has 0 bridgehead atoms. The van der Waals surface area contributed by atoms with Crippen LogP contribution in [-0.4, -0.2) is 29.6 Å². The van der Waals surface area contributed by atoms with Crippen molar-refractivity contribution in [3.63, 3.8) is 0 Å². The second-order valence-corrected chi connectivity index (χ2v) is 3.15. The summed E-state index contributed by atoms with van der Waals surface area (Å²) < 4.78 is 0. The van der Waals surface area contributed by atoms with E-state index in [0.29, 0.717) is 0 Å². The van der Waals surface area contributed by atoms with E-state index < -0.39 is 24.5 Å². The highest BCUT2D eigenvalue weighted by Gasteiger charge is 2.16. The first-order chi connectivity index (χ1) is 7.97. The fourth-order valence-electron chi connectivity index (χ4n) is 1.27. The van der Waals surface area contributed by atoms with E-state index in [4.69, 9.17) is 16.6 Å². The average Bonchev–Trinajstić information content (AvgIpc) is 2.28. The smallest absolute Gasteiger partial charge is 0.253 e. The third kappa shape index (κ3) is 2.79. The third-order valence-electron chi connectivity index (χ3n) is 2.05. The zero-order valence-electron chi connectivity index (χ0n) is 8.77. The molecule has 6 N–H and O–H groups in total. The second kappa shape index (κ2) is 5.08. The molecule has 0 aliphatic rings. The zero-order chi connectivity index (χ0) is 13.0. The molecule has 0 aliphatic carbocycles. The lowest BCUT2D eigenvalue weighted by Crippen LogP contribution is -2.28. The molecule has 0 aromatic heterocycles. The first-order valence-electron chi connectivity index (χ1n) is 4.60. The minimum Gasteiger partial charge on any atom is -0.376 e. The quantitative estimate of drug-likeness (QED) is 0.477. The summed E-state index contributed by atoms with van der Waals surface area (Å²) in [6.07, 6.45) is 0. The van der Waals surface area contributed by atoms with Crippen molar-refractivity contribution >= 4 is 17.7 Å². The number of hydrogen-bond donors (Lipinski definition) is 4. The number of rotatable bonds is 4. The predicted octanol–water partition coefficient (Wildman–Crippen LogP) is -1.44. The summed E-state index contributed by atoms with van der Waals surface area (Å²) in [6, 6.07) is 3.67. The molecule has 1 aromatic carbocycles. The minimum atomic E-state index is -0.816. The van der Waals surface area contributed by atoms with Gasteiger partial charge in [0.25, 0.3) is 5.91 Å². The molecule has 0 saturated heterocycles. The zero-order valence-corrected chi connectivity index (χ0v) is 8.77. The van der Waals surface area contributed by atoms with Gasteiger partial charge in [-0.05, 0) is 18.2 Å². The number of aliphatic hydroxyl groups is 1. The van der Waals surface area contributed by atoms with E-state index in [0.717, 1.165) is 6.07 Å². The highest BCUT2D eigenvalue weighted by atomic mass is 16.3. The number of carbonyl (C=O) groups excluding carboxylic acids is 3. The summed E-state index contributed by atoms with van der Waals surface area (Å²) in [7, 11) is 0. The van der Waals surface area contributed by atoms with E-state index in [1.165, 1.54) is 12.1 Å². The molecule has 3 amide bonds. The van der Waals surface area contributed by atoms with Crippen molar-refractivity contribution in [2.75, 3.05) is 6.73 Å². The summed E-state index contributed by atoms with van der Waals surface area (Å²) in [5.41, 5.74) is 10.0. The molecule has 1 aromatic rings. The van der Waals surface area contributed by atoms with Gasteiger partial charge in [0.05, 0.1) is 11.1 Å². The molecule has 0 saturated carbocycles. The van der Waals surface area contributed by atoms with E-state index in [9.17, 15) is 14.4 Å². The monoisotopic (exact) mass is 237 g/mol. The highest BCUT2D eigenvalue weighted by molar-refractivity contribution is 6.08. The normalized spacial score (nSPS) is 9.71. The number of aliphatic hydroxyl groups excluding tert-OH is 1. The molecule has 0 spiro atoms. The van der Waals surface area contributed by atoms with Crippen molar-refractivity contribution < 1.29 is 19.5 Å². The molecule has 0 radical (unpaired) electrons. The third-order valence-corrected chi connectivity index (χ3v) is 2.05. The van der Waals surface area contributed by atoms with Gasteiger partial charge in [-0.3, -0.25) is 14.4 Å². The largest absolute Gasteiger partial charge is 0.376 e. The standard InChI is InChI=1S/C10H11N3O4/c11-8(15)5-1-2-6(9(12)16)7(3-5)10(17)13-4-14/h1-3,14H,4H2,(H2,11,15)(H2,12,16)(H,13,17). The molecule has 7 nitrogen and oxygen atoms in total. The van der Waals surface area contributed by atoms with Crippen LogP contribution in [0.3, 0.4) is 0 Å². The molecule has 7 heteroatoms. The number of amides is 3. The maximum absolute atomic E-state index is 11.5. The van der Waals surface area contributed by atoms with Crippen molar-refractivity contribution in [2.24, 2.45) is 11.5 Å². The molecular weight excluding hydrogens is 226 g/mol. The van der Waals surface area contributed by atoms with Crippen LogP contribution in [-0.2, 0) is 0 Å². The first-order valence-corrected chi connectivity index (χ1v) is 4.60. The molecule has 0 atom stereocenters. The van der Waals surface area contributed by atoms with Gasteiger partial charge in [0, 0.05) is 5.56 Å². The van der Waals surface area contributed by atoms with Crippen molar-refractivity contribution in [3.8, 4) is 0 Å². The Morgan fingerprint density at radius 3 is 2.24 bits per heavy atom. The Kier molecular flexibility index (Phi) is 3.78. The highest BCUT2D eigenvalue weighted by Crippen LogP contribution is 2.11. The van der Waals surface area contributed by atoms with Gasteiger partial charge in [-0.15, -0.1) is 0 Å². The van der Waals surface area contributed by atoms with Gasteiger partial charge in [0.2, 0.25) is 11.8 Å². The van der Waals surface area contributed by atoms with Crippen LogP contribution < -0.4 is 16.8 Å². The topological polar surface area (TPSA) is 136 Å². The lowest BCUT2D eigenvalue weighted by atomic mass is 10.0. The van der Waals surface area contributed by atoms with Gasteiger partial charge in [-0.2, -0.15) is 0 Å². The number of hydrogen-bond acceptors (Lipinski definition) is 4. The van der Waals surface area contributed by atoms with E-state index in [1.807, 2.05) is 0 Å². The average molecular weight is 237 g/mol. The van der Waals surface area contributed by atoms with Gasteiger partial charge >= 0.3 is 0 Å². The molecular formula is C10H11N3O4. The Morgan fingerprint density at radius 2 is 1.76 bits per heavy atom. The molecule has 0 heterocycles. The number of carbonyl (C=O) groups is 3. The molecule has 17 heavy (non-hydrogen) atoms. The first kappa shape index (κ1) is 12.7. The lowest BCUT2D eigenvalue weighted by Gasteiger charge is -2.07.